The molecule has 1 saturated carbocycles. The number of hydrogen-bond acceptors (Lipinski definition) is 3. The van der Waals surface area contributed by atoms with Gasteiger partial charge in [0.25, 0.3) is 0 Å². The maximum atomic E-state index is 3.62. The van der Waals surface area contributed by atoms with Gasteiger partial charge in [0, 0.05) is 35.4 Å². The van der Waals surface area contributed by atoms with E-state index in [-0.39, 0.29) is 0 Å². The van der Waals surface area contributed by atoms with E-state index in [1.54, 1.807) is 5.56 Å². The van der Waals surface area contributed by atoms with E-state index in [1.165, 1.54) is 42.1 Å². The molecule has 1 saturated heterocycles. The molecule has 1 aromatic rings. The molecular weight excluding hydrogens is 252 g/mol. The van der Waals surface area contributed by atoms with Gasteiger partial charge in [0.2, 0.25) is 0 Å². The second-order valence-electron chi connectivity index (χ2n) is 7.07. The van der Waals surface area contributed by atoms with Crippen molar-refractivity contribution in [3.05, 3.63) is 21.4 Å². The molecule has 1 aliphatic carbocycles. The molecule has 2 nitrogen and oxygen atoms in total. The van der Waals surface area contributed by atoms with Crippen LogP contribution < -0.4 is 5.32 Å². The number of thiophene rings is 1. The van der Waals surface area contributed by atoms with E-state index in [0.717, 1.165) is 19.1 Å². The van der Waals surface area contributed by atoms with Gasteiger partial charge in [0.1, 0.15) is 0 Å². The SMILES string of the molecule is Cc1sc(CNC2CC2)cc1CN1CCC(C)(C)C1. The molecule has 0 aromatic carbocycles. The summed E-state index contributed by atoms with van der Waals surface area (Å²) >= 11 is 1.98. The average Bonchev–Trinajstić information content (AvgIpc) is 3.02. The van der Waals surface area contributed by atoms with Gasteiger partial charge >= 0.3 is 0 Å². The second kappa shape index (κ2) is 5.19. The van der Waals surface area contributed by atoms with E-state index in [0.29, 0.717) is 5.41 Å². The standard InChI is InChI=1S/C16H26N2S/c1-12-13(10-18-7-6-16(2,3)11-18)8-15(19-12)9-17-14-4-5-14/h8,14,17H,4-7,9-11H2,1-3H3. The van der Waals surface area contributed by atoms with Crippen LogP contribution in [0.25, 0.3) is 0 Å². The molecule has 1 aliphatic heterocycles. The van der Waals surface area contributed by atoms with E-state index in [2.05, 4.69) is 37.1 Å². The van der Waals surface area contributed by atoms with E-state index in [4.69, 9.17) is 0 Å². The van der Waals surface area contributed by atoms with Crippen molar-refractivity contribution in [1.82, 2.24) is 10.2 Å². The number of likely N-dealkylation sites (tertiary alicyclic amines) is 1. The smallest absolute Gasteiger partial charge is 0.0302 e. The number of rotatable bonds is 5. The van der Waals surface area contributed by atoms with Gasteiger partial charge in [-0.1, -0.05) is 13.8 Å². The van der Waals surface area contributed by atoms with E-state index in [9.17, 15) is 0 Å². The highest BCUT2D eigenvalue weighted by Crippen LogP contribution is 2.31. The molecule has 3 rings (SSSR count). The van der Waals surface area contributed by atoms with Crippen LogP contribution in [-0.4, -0.2) is 24.0 Å². The van der Waals surface area contributed by atoms with Crippen LogP contribution in [0.15, 0.2) is 6.07 Å². The van der Waals surface area contributed by atoms with Crippen molar-refractivity contribution in [3.63, 3.8) is 0 Å². The molecule has 0 atom stereocenters. The van der Waals surface area contributed by atoms with Gasteiger partial charge in [0.15, 0.2) is 0 Å². The highest BCUT2D eigenvalue weighted by atomic mass is 32.1. The van der Waals surface area contributed by atoms with Crippen molar-refractivity contribution in [1.29, 1.82) is 0 Å². The Morgan fingerprint density at radius 2 is 2.21 bits per heavy atom. The Bertz CT molecular complexity index is 446. The zero-order chi connectivity index (χ0) is 13.5. The molecule has 0 radical (unpaired) electrons. The first-order valence-corrected chi connectivity index (χ1v) is 8.37. The summed E-state index contributed by atoms with van der Waals surface area (Å²) in [5, 5.41) is 3.62. The van der Waals surface area contributed by atoms with Crippen molar-refractivity contribution < 1.29 is 0 Å². The van der Waals surface area contributed by atoms with Crippen LogP contribution in [0.5, 0.6) is 0 Å². The maximum absolute atomic E-state index is 3.62. The maximum Gasteiger partial charge on any atom is 0.0302 e. The van der Waals surface area contributed by atoms with Crippen LogP contribution in [0.1, 0.15) is 48.4 Å². The van der Waals surface area contributed by atoms with Crippen LogP contribution >= 0.6 is 11.3 Å². The summed E-state index contributed by atoms with van der Waals surface area (Å²) in [6.07, 6.45) is 4.09. The third kappa shape index (κ3) is 3.59. The van der Waals surface area contributed by atoms with Crippen LogP contribution in [0, 0.1) is 12.3 Å². The minimum absolute atomic E-state index is 0.514. The van der Waals surface area contributed by atoms with Gasteiger partial charge in [-0.2, -0.15) is 0 Å². The van der Waals surface area contributed by atoms with E-state index < -0.39 is 0 Å². The van der Waals surface area contributed by atoms with Crippen LogP contribution in [0.2, 0.25) is 0 Å². The Morgan fingerprint density at radius 1 is 1.42 bits per heavy atom. The zero-order valence-electron chi connectivity index (χ0n) is 12.5. The Hall–Kier alpha value is -0.380. The normalized spacial score (nSPS) is 23.1. The van der Waals surface area contributed by atoms with Crippen molar-refractivity contribution >= 4 is 11.3 Å². The predicted molar refractivity (Wildman–Crippen MR) is 82.6 cm³/mol. The van der Waals surface area contributed by atoms with Gasteiger partial charge in [-0.15, -0.1) is 11.3 Å². The molecule has 3 heteroatoms. The summed E-state index contributed by atoms with van der Waals surface area (Å²) < 4.78 is 0. The second-order valence-corrected chi connectivity index (χ2v) is 8.42. The van der Waals surface area contributed by atoms with Crippen molar-refractivity contribution in [2.75, 3.05) is 13.1 Å². The molecule has 0 unspecified atom stereocenters. The first-order chi connectivity index (χ1) is 9.02. The topological polar surface area (TPSA) is 15.3 Å². The Labute approximate surface area is 121 Å². The lowest BCUT2D eigenvalue weighted by molar-refractivity contribution is 0.284. The molecule has 1 aromatic heterocycles. The highest BCUT2D eigenvalue weighted by molar-refractivity contribution is 7.12. The Balaban J connectivity index is 1.57. The minimum atomic E-state index is 0.514. The van der Waals surface area contributed by atoms with Gasteiger partial charge in [-0.25, -0.2) is 0 Å². The molecule has 1 N–H and O–H groups in total. The van der Waals surface area contributed by atoms with Crippen molar-refractivity contribution in [2.45, 2.75) is 59.2 Å². The van der Waals surface area contributed by atoms with E-state index >= 15 is 0 Å². The molecule has 19 heavy (non-hydrogen) atoms. The Morgan fingerprint density at radius 3 is 2.84 bits per heavy atom. The summed E-state index contributed by atoms with van der Waals surface area (Å²) in [6, 6.07) is 3.24. The average molecular weight is 278 g/mol. The molecule has 2 fully saturated rings. The fourth-order valence-corrected chi connectivity index (χ4v) is 3.97. The largest absolute Gasteiger partial charge is 0.309 e. The van der Waals surface area contributed by atoms with Gasteiger partial charge in [-0.3, -0.25) is 4.90 Å². The van der Waals surface area contributed by atoms with Crippen molar-refractivity contribution in [3.8, 4) is 0 Å². The number of nitrogens with one attached hydrogen (secondary N) is 1. The summed E-state index contributed by atoms with van der Waals surface area (Å²) in [5.74, 6) is 0. The summed E-state index contributed by atoms with van der Waals surface area (Å²) in [6.45, 7) is 11.8. The van der Waals surface area contributed by atoms with Crippen LogP contribution in [0.4, 0.5) is 0 Å². The highest BCUT2D eigenvalue weighted by Gasteiger charge is 2.29. The molecule has 0 bridgehead atoms. The molecule has 2 aliphatic rings. The first-order valence-electron chi connectivity index (χ1n) is 7.56. The molecule has 2 heterocycles. The Kier molecular flexibility index (Phi) is 3.71. The first kappa shape index (κ1) is 13.6. The fraction of sp³-hybridized carbons (Fsp3) is 0.750. The molecule has 0 spiro atoms. The molecule has 106 valence electrons. The lowest BCUT2D eigenvalue weighted by Gasteiger charge is -2.19. The van der Waals surface area contributed by atoms with Gasteiger partial charge in [0.05, 0.1) is 0 Å². The lowest BCUT2D eigenvalue weighted by atomic mass is 9.93. The minimum Gasteiger partial charge on any atom is -0.309 e. The van der Waals surface area contributed by atoms with Crippen LogP contribution in [-0.2, 0) is 13.1 Å². The third-order valence-electron chi connectivity index (χ3n) is 4.36. The fourth-order valence-electron chi connectivity index (χ4n) is 2.96. The molecule has 0 amide bonds. The lowest BCUT2D eigenvalue weighted by Crippen LogP contribution is -2.22. The quantitative estimate of drug-likeness (QED) is 0.886. The van der Waals surface area contributed by atoms with Crippen molar-refractivity contribution in [2.24, 2.45) is 5.41 Å². The molecular formula is C16H26N2S. The number of aryl methyl sites for hydroxylation is 1. The summed E-state index contributed by atoms with van der Waals surface area (Å²) in [7, 11) is 0. The monoisotopic (exact) mass is 278 g/mol. The predicted octanol–water partition coefficient (Wildman–Crippen LogP) is 3.54. The zero-order valence-corrected chi connectivity index (χ0v) is 13.3. The van der Waals surface area contributed by atoms with Crippen LogP contribution in [0.3, 0.4) is 0 Å². The summed E-state index contributed by atoms with van der Waals surface area (Å²) in [5.41, 5.74) is 2.07. The summed E-state index contributed by atoms with van der Waals surface area (Å²) in [4.78, 5) is 5.64. The number of nitrogens with zero attached hydrogens (tertiary/aromatic N) is 1. The third-order valence-corrected chi connectivity index (χ3v) is 5.46. The van der Waals surface area contributed by atoms with Gasteiger partial charge in [-0.05, 0) is 49.8 Å². The van der Waals surface area contributed by atoms with E-state index in [1.807, 2.05) is 11.3 Å². The van der Waals surface area contributed by atoms with Gasteiger partial charge < -0.3 is 5.32 Å². The number of hydrogen-bond donors (Lipinski definition) is 1.